The summed E-state index contributed by atoms with van der Waals surface area (Å²) < 4.78 is 0. The maximum atomic E-state index is 11.7. The highest BCUT2D eigenvalue weighted by Crippen LogP contribution is 2.09. The number of aldehydes is 1. The van der Waals surface area contributed by atoms with E-state index in [0.29, 0.717) is 11.8 Å². The summed E-state index contributed by atoms with van der Waals surface area (Å²) in [5.41, 5.74) is 0.676. The minimum Gasteiger partial charge on any atom is -0.299 e. The lowest BCUT2D eigenvalue weighted by atomic mass is 9.99. The van der Waals surface area contributed by atoms with Gasteiger partial charge < -0.3 is 0 Å². The van der Waals surface area contributed by atoms with Crippen molar-refractivity contribution < 1.29 is 9.59 Å². The van der Waals surface area contributed by atoms with Crippen LogP contribution in [0, 0.1) is 5.92 Å². The maximum absolute atomic E-state index is 11.7. The van der Waals surface area contributed by atoms with Gasteiger partial charge >= 0.3 is 0 Å². The molecule has 1 aromatic carbocycles. The number of allylic oxidation sites excluding steroid dienone is 2. The highest BCUT2D eigenvalue weighted by atomic mass is 16.1. The first kappa shape index (κ1) is 10.4. The maximum Gasteiger partial charge on any atom is 0.169 e. The smallest absolute Gasteiger partial charge is 0.169 e. The van der Waals surface area contributed by atoms with Crippen LogP contribution in [0.4, 0.5) is 0 Å². The van der Waals surface area contributed by atoms with Gasteiger partial charge in [-0.3, -0.25) is 9.59 Å². The second kappa shape index (κ2) is 5.12. The van der Waals surface area contributed by atoms with Gasteiger partial charge in [-0.05, 0) is 6.08 Å². The molecule has 0 amide bonds. The van der Waals surface area contributed by atoms with Crippen molar-refractivity contribution in [1.82, 2.24) is 0 Å². The minimum absolute atomic E-state index is 0.0312. The van der Waals surface area contributed by atoms with Gasteiger partial charge in [0, 0.05) is 11.5 Å². The molecule has 0 saturated carbocycles. The Labute approximate surface area is 83.3 Å². The molecule has 0 fully saturated rings. The lowest BCUT2D eigenvalue weighted by Gasteiger charge is -2.03. The number of rotatable bonds is 4. The second-order valence-corrected chi connectivity index (χ2v) is 3.04. The molecule has 0 aliphatic heterocycles. The molecule has 1 aromatic rings. The predicted octanol–water partition coefficient (Wildman–Crippen LogP) is 2.26. The summed E-state index contributed by atoms with van der Waals surface area (Å²) in [5, 5.41) is 0. The van der Waals surface area contributed by atoms with Crippen LogP contribution in [0.3, 0.4) is 0 Å². The van der Waals surface area contributed by atoms with Crippen LogP contribution in [0.15, 0.2) is 42.5 Å². The molecule has 0 N–H and O–H groups in total. The zero-order valence-corrected chi connectivity index (χ0v) is 8.01. The van der Waals surface area contributed by atoms with Crippen molar-refractivity contribution in [2.75, 3.05) is 0 Å². The van der Waals surface area contributed by atoms with Crippen LogP contribution >= 0.6 is 0 Å². The molecule has 1 atom stereocenters. The summed E-state index contributed by atoms with van der Waals surface area (Å²) in [5.74, 6) is -0.216. The summed E-state index contributed by atoms with van der Waals surface area (Å²) in [6.07, 6.45) is 3.63. The Morgan fingerprint density at radius 3 is 2.50 bits per heavy atom. The van der Waals surface area contributed by atoms with Crippen molar-refractivity contribution in [3.8, 4) is 0 Å². The van der Waals surface area contributed by atoms with Crippen molar-refractivity contribution in [2.24, 2.45) is 5.92 Å². The quantitative estimate of drug-likeness (QED) is 0.412. The van der Waals surface area contributed by atoms with Gasteiger partial charge in [-0.25, -0.2) is 0 Å². The number of carbonyl (C=O) groups is 2. The fourth-order valence-corrected chi connectivity index (χ4v) is 1.16. The molecule has 0 aromatic heterocycles. The van der Waals surface area contributed by atoms with Crippen LogP contribution in [0.5, 0.6) is 0 Å². The minimum atomic E-state index is -0.248. The lowest BCUT2D eigenvalue weighted by Crippen LogP contribution is -2.08. The van der Waals surface area contributed by atoms with Crippen molar-refractivity contribution in [3.63, 3.8) is 0 Å². The predicted molar refractivity (Wildman–Crippen MR) is 55.1 cm³/mol. The van der Waals surface area contributed by atoms with Crippen molar-refractivity contribution in [1.29, 1.82) is 0 Å². The Bertz CT molecular complexity index is 339. The largest absolute Gasteiger partial charge is 0.299 e. The average Bonchev–Trinajstić information content (AvgIpc) is 2.26. The molecule has 1 unspecified atom stereocenters. The first-order chi connectivity index (χ1) is 6.75. The Kier molecular flexibility index (Phi) is 3.80. The third-order valence-corrected chi connectivity index (χ3v) is 1.95. The molecular formula is C12H12O2. The van der Waals surface area contributed by atoms with Crippen molar-refractivity contribution >= 4 is 12.1 Å². The Morgan fingerprint density at radius 2 is 1.93 bits per heavy atom. The van der Waals surface area contributed by atoms with Crippen LogP contribution in [0.25, 0.3) is 0 Å². The van der Waals surface area contributed by atoms with Crippen molar-refractivity contribution in [2.45, 2.75) is 6.92 Å². The summed E-state index contributed by atoms with van der Waals surface area (Å²) >= 11 is 0. The van der Waals surface area contributed by atoms with Crippen LogP contribution in [-0.2, 0) is 4.79 Å². The normalized spacial score (nSPS) is 12.6. The number of hydrogen-bond donors (Lipinski definition) is 0. The zero-order chi connectivity index (χ0) is 10.4. The molecule has 0 radical (unpaired) electrons. The van der Waals surface area contributed by atoms with E-state index in [9.17, 15) is 9.59 Å². The molecule has 0 heterocycles. The SMILES string of the molecule is CC(/C=C/C=O)C(=O)c1ccccc1. The number of ketones is 1. The molecule has 14 heavy (non-hydrogen) atoms. The van der Waals surface area contributed by atoms with E-state index in [-0.39, 0.29) is 11.7 Å². The summed E-state index contributed by atoms with van der Waals surface area (Å²) in [6, 6.07) is 9.05. The molecular weight excluding hydrogens is 176 g/mol. The van der Waals surface area contributed by atoms with E-state index < -0.39 is 0 Å². The van der Waals surface area contributed by atoms with Crippen LogP contribution in [0.1, 0.15) is 17.3 Å². The van der Waals surface area contributed by atoms with Crippen LogP contribution in [-0.4, -0.2) is 12.1 Å². The van der Waals surface area contributed by atoms with Gasteiger partial charge in [0.1, 0.15) is 6.29 Å². The molecule has 2 nitrogen and oxygen atoms in total. The standard InChI is InChI=1S/C12H12O2/c1-10(6-5-9-13)12(14)11-7-3-2-4-8-11/h2-10H,1H3/b6-5+. The first-order valence-corrected chi connectivity index (χ1v) is 4.47. The van der Waals surface area contributed by atoms with Crippen LogP contribution < -0.4 is 0 Å². The fourth-order valence-electron chi connectivity index (χ4n) is 1.16. The van der Waals surface area contributed by atoms with E-state index in [2.05, 4.69) is 0 Å². The van der Waals surface area contributed by atoms with Gasteiger partial charge in [-0.15, -0.1) is 0 Å². The summed E-state index contributed by atoms with van der Waals surface area (Å²) in [6.45, 7) is 1.77. The lowest BCUT2D eigenvalue weighted by molar-refractivity contribution is -0.104. The van der Waals surface area contributed by atoms with E-state index in [1.165, 1.54) is 6.08 Å². The van der Waals surface area contributed by atoms with E-state index in [1.807, 2.05) is 18.2 Å². The highest BCUT2D eigenvalue weighted by molar-refractivity contribution is 5.98. The number of Topliss-reactive ketones (excluding diaryl/α,β-unsaturated/α-hetero) is 1. The third kappa shape index (κ3) is 2.66. The van der Waals surface area contributed by atoms with E-state index in [1.54, 1.807) is 25.1 Å². The van der Waals surface area contributed by atoms with E-state index in [0.717, 1.165) is 0 Å². The number of carbonyl (C=O) groups excluding carboxylic acids is 2. The molecule has 0 bridgehead atoms. The molecule has 72 valence electrons. The Hall–Kier alpha value is -1.70. The topological polar surface area (TPSA) is 34.1 Å². The van der Waals surface area contributed by atoms with Crippen LogP contribution in [0.2, 0.25) is 0 Å². The summed E-state index contributed by atoms with van der Waals surface area (Å²) in [7, 11) is 0. The highest BCUT2D eigenvalue weighted by Gasteiger charge is 2.10. The molecule has 0 spiro atoms. The number of benzene rings is 1. The fraction of sp³-hybridized carbons (Fsp3) is 0.167. The molecule has 0 aliphatic carbocycles. The van der Waals surface area contributed by atoms with E-state index in [4.69, 9.17) is 0 Å². The molecule has 0 aliphatic rings. The Morgan fingerprint density at radius 1 is 1.29 bits per heavy atom. The second-order valence-electron chi connectivity index (χ2n) is 3.04. The summed E-state index contributed by atoms with van der Waals surface area (Å²) in [4.78, 5) is 21.8. The molecule has 1 rings (SSSR count). The molecule has 2 heteroatoms. The van der Waals surface area contributed by atoms with Crippen molar-refractivity contribution in [3.05, 3.63) is 48.0 Å². The monoisotopic (exact) mass is 188 g/mol. The van der Waals surface area contributed by atoms with E-state index >= 15 is 0 Å². The first-order valence-electron chi connectivity index (χ1n) is 4.47. The number of hydrogen-bond acceptors (Lipinski definition) is 2. The van der Waals surface area contributed by atoms with Gasteiger partial charge in [-0.2, -0.15) is 0 Å². The van der Waals surface area contributed by atoms with Gasteiger partial charge in [-0.1, -0.05) is 43.3 Å². The van der Waals surface area contributed by atoms with Gasteiger partial charge in [0.05, 0.1) is 0 Å². The molecule has 0 saturated heterocycles. The van der Waals surface area contributed by atoms with Gasteiger partial charge in [0.25, 0.3) is 0 Å². The average molecular weight is 188 g/mol. The zero-order valence-electron chi connectivity index (χ0n) is 8.01. The third-order valence-electron chi connectivity index (χ3n) is 1.95. The Balaban J connectivity index is 2.76. The van der Waals surface area contributed by atoms with Gasteiger partial charge in [0.2, 0.25) is 0 Å². The van der Waals surface area contributed by atoms with Gasteiger partial charge in [0.15, 0.2) is 5.78 Å².